The molecule has 0 radical (unpaired) electrons. The molecule has 25 heavy (non-hydrogen) atoms. The Morgan fingerprint density at radius 2 is 1.76 bits per heavy atom. The number of piperazine rings is 1. The molecular formula is C20H30N4O. The lowest BCUT2D eigenvalue weighted by Gasteiger charge is -2.36. The van der Waals surface area contributed by atoms with E-state index in [2.05, 4.69) is 50.3 Å². The minimum atomic E-state index is 0.377. The number of carbonyl (C=O) groups excluding carboxylic acids is 1. The van der Waals surface area contributed by atoms with Crippen molar-refractivity contribution in [2.45, 2.75) is 37.8 Å². The Hall–Kier alpha value is -1.59. The van der Waals surface area contributed by atoms with Crippen LogP contribution in [-0.4, -0.2) is 73.6 Å². The molecule has 2 unspecified atom stereocenters. The van der Waals surface area contributed by atoms with E-state index in [0.29, 0.717) is 24.4 Å². The van der Waals surface area contributed by atoms with E-state index >= 15 is 0 Å². The summed E-state index contributed by atoms with van der Waals surface area (Å²) in [7, 11) is 0. The molecule has 3 fully saturated rings. The van der Waals surface area contributed by atoms with Crippen molar-refractivity contribution < 1.29 is 4.79 Å². The fourth-order valence-corrected chi connectivity index (χ4v) is 4.64. The summed E-state index contributed by atoms with van der Waals surface area (Å²) in [4.78, 5) is 19.9. The molecule has 0 spiro atoms. The average molecular weight is 342 g/mol. The first-order valence-electron chi connectivity index (χ1n) is 9.85. The van der Waals surface area contributed by atoms with Crippen molar-refractivity contribution in [3.05, 3.63) is 30.3 Å². The zero-order valence-corrected chi connectivity index (χ0v) is 15.1. The van der Waals surface area contributed by atoms with E-state index in [1.807, 2.05) is 0 Å². The van der Waals surface area contributed by atoms with Crippen molar-refractivity contribution in [2.75, 3.05) is 50.7 Å². The molecule has 2 bridgehead atoms. The molecule has 0 aliphatic carbocycles. The lowest BCUT2D eigenvalue weighted by atomic mass is 10.1. The second kappa shape index (κ2) is 7.75. The molecule has 3 aliphatic rings. The number of anilines is 1. The largest absolute Gasteiger partial charge is 0.369 e. The summed E-state index contributed by atoms with van der Waals surface area (Å²) in [6.07, 6.45) is 4.18. The van der Waals surface area contributed by atoms with E-state index in [0.717, 1.165) is 52.2 Å². The first-order chi connectivity index (χ1) is 12.3. The van der Waals surface area contributed by atoms with Crippen LogP contribution < -0.4 is 10.2 Å². The Kier molecular flexibility index (Phi) is 5.22. The summed E-state index contributed by atoms with van der Waals surface area (Å²) in [6, 6.07) is 11.6. The van der Waals surface area contributed by atoms with Crippen molar-refractivity contribution in [1.29, 1.82) is 0 Å². The standard InChI is InChI=1S/C20H30N4O/c25-20(24-18-6-7-19(24)16-21-10-8-18)9-11-22-12-14-23(15-13-22)17-4-2-1-3-5-17/h1-5,18-19,21H,6-16H2. The van der Waals surface area contributed by atoms with Crippen LogP contribution >= 0.6 is 0 Å². The van der Waals surface area contributed by atoms with Crippen LogP contribution in [0.25, 0.3) is 0 Å². The van der Waals surface area contributed by atoms with Gasteiger partial charge in [0.15, 0.2) is 0 Å². The van der Waals surface area contributed by atoms with E-state index in [1.54, 1.807) is 0 Å². The van der Waals surface area contributed by atoms with Gasteiger partial charge >= 0.3 is 0 Å². The molecule has 0 aromatic heterocycles. The summed E-state index contributed by atoms with van der Waals surface area (Å²) in [6.45, 7) is 7.16. The first kappa shape index (κ1) is 16.9. The zero-order valence-electron chi connectivity index (χ0n) is 15.1. The van der Waals surface area contributed by atoms with Gasteiger partial charge in [0.1, 0.15) is 0 Å². The molecule has 1 amide bonds. The Labute approximate surface area is 151 Å². The number of nitrogens with zero attached hydrogens (tertiary/aromatic N) is 3. The molecule has 3 aliphatic heterocycles. The highest BCUT2D eigenvalue weighted by atomic mass is 16.2. The summed E-state index contributed by atoms with van der Waals surface area (Å²) >= 11 is 0. The number of carbonyl (C=O) groups is 1. The number of nitrogens with one attached hydrogen (secondary N) is 1. The molecule has 1 N–H and O–H groups in total. The number of rotatable bonds is 4. The van der Waals surface area contributed by atoms with E-state index in [1.165, 1.54) is 18.5 Å². The summed E-state index contributed by atoms with van der Waals surface area (Å²) in [5.41, 5.74) is 1.31. The van der Waals surface area contributed by atoms with Gasteiger partial charge in [0.2, 0.25) is 5.91 Å². The highest BCUT2D eigenvalue weighted by molar-refractivity contribution is 5.77. The number of hydrogen-bond donors (Lipinski definition) is 1. The summed E-state index contributed by atoms with van der Waals surface area (Å²) in [5, 5.41) is 3.48. The lowest BCUT2D eigenvalue weighted by Crippen LogP contribution is -2.48. The van der Waals surface area contributed by atoms with E-state index in [-0.39, 0.29) is 0 Å². The maximum Gasteiger partial charge on any atom is 0.224 e. The van der Waals surface area contributed by atoms with Gasteiger partial charge in [-0.25, -0.2) is 0 Å². The number of benzene rings is 1. The molecule has 3 heterocycles. The molecule has 3 saturated heterocycles. The molecular weight excluding hydrogens is 312 g/mol. The van der Waals surface area contributed by atoms with Crippen LogP contribution in [0.15, 0.2) is 30.3 Å². The average Bonchev–Trinajstić information content (AvgIpc) is 2.93. The molecule has 5 heteroatoms. The lowest BCUT2D eigenvalue weighted by molar-refractivity contribution is -0.134. The van der Waals surface area contributed by atoms with Crippen LogP contribution in [-0.2, 0) is 4.79 Å². The van der Waals surface area contributed by atoms with Gasteiger partial charge in [-0.05, 0) is 37.9 Å². The topological polar surface area (TPSA) is 38.8 Å². The Bertz CT molecular complexity index is 556. The SMILES string of the molecule is O=C(CCN1CCN(c2ccccc2)CC1)N1C2CCNCC1CC2. The van der Waals surface area contributed by atoms with Gasteiger partial charge in [-0.15, -0.1) is 0 Å². The van der Waals surface area contributed by atoms with Gasteiger partial charge in [-0.2, -0.15) is 0 Å². The molecule has 1 aromatic rings. The fourth-order valence-electron chi connectivity index (χ4n) is 4.64. The van der Waals surface area contributed by atoms with Gasteiger partial charge in [0, 0.05) is 63.5 Å². The van der Waals surface area contributed by atoms with Crippen molar-refractivity contribution >= 4 is 11.6 Å². The van der Waals surface area contributed by atoms with Gasteiger partial charge in [0.05, 0.1) is 0 Å². The van der Waals surface area contributed by atoms with Crippen LogP contribution in [0.4, 0.5) is 5.69 Å². The number of amides is 1. The zero-order chi connectivity index (χ0) is 17.1. The Morgan fingerprint density at radius 3 is 2.56 bits per heavy atom. The summed E-state index contributed by atoms with van der Waals surface area (Å²) in [5.74, 6) is 0.377. The van der Waals surface area contributed by atoms with Crippen LogP contribution in [0, 0.1) is 0 Å². The third-order valence-corrected chi connectivity index (χ3v) is 6.08. The van der Waals surface area contributed by atoms with Crippen LogP contribution in [0.2, 0.25) is 0 Å². The predicted molar refractivity (Wildman–Crippen MR) is 101 cm³/mol. The Balaban J connectivity index is 1.25. The van der Waals surface area contributed by atoms with Crippen molar-refractivity contribution in [2.24, 2.45) is 0 Å². The second-order valence-corrected chi connectivity index (χ2v) is 7.59. The normalized spacial score (nSPS) is 27.4. The van der Waals surface area contributed by atoms with Crippen LogP contribution in [0.1, 0.15) is 25.7 Å². The van der Waals surface area contributed by atoms with Crippen molar-refractivity contribution in [3.8, 4) is 0 Å². The molecule has 0 saturated carbocycles. The van der Waals surface area contributed by atoms with Gasteiger partial charge in [0.25, 0.3) is 0 Å². The maximum absolute atomic E-state index is 12.8. The summed E-state index contributed by atoms with van der Waals surface area (Å²) < 4.78 is 0. The van der Waals surface area contributed by atoms with Gasteiger partial charge in [-0.1, -0.05) is 18.2 Å². The third kappa shape index (κ3) is 3.82. The molecule has 1 aromatic carbocycles. The third-order valence-electron chi connectivity index (χ3n) is 6.08. The van der Waals surface area contributed by atoms with Gasteiger partial charge in [-0.3, -0.25) is 9.69 Å². The highest BCUT2D eigenvalue weighted by Gasteiger charge is 2.37. The first-order valence-corrected chi connectivity index (χ1v) is 9.85. The smallest absolute Gasteiger partial charge is 0.224 e. The predicted octanol–water partition coefficient (Wildman–Crippen LogP) is 1.55. The molecule has 4 rings (SSSR count). The number of fused-ring (bicyclic) bond motifs is 2. The quantitative estimate of drug-likeness (QED) is 0.901. The van der Waals surface area contributed by atoms with Crippen molar-refractivity contribution in [3.63, 3.8) is 0 Å². The highest BCUT2D eigenvalue weighted by Crippen LogP contribution is 2.28. The minimum absolute atomic E-state index is 0.377. The van der Waals surface area contributed by atoms with Crippen LogP contribution in [0.3, 0.4) is 0 Å². The van der Waals surface area contributed by atoms with Gasteiger partial charge < -0.3 is 15.1 Å². The maximum atomic E-state index is 12.8. The molecule has 136 valence electrons. The minimum Gasteiger partial charge on any atom is -0.369 e. The monoisotopic (exact) mass is 342 g/mol. The van der Waals surface area contributed by atoms with E-state index in [4.69, 9.17) is 0 Å². The van der Waals surface area contributed by atoms with E-state index < -0.39 is 0 Å². The fraction of sp³-hybridized carbons (Fsp3) is 0.650. The Morgan fingerprint density at radius 1 is 1.00 bits per heavy atom. The van der Waals surface area contributed by atoms with Crippen molar-refractivity contribution in [1.82, 2.24) is 15.1 Å². The molecule has 5 nitrogen and oxygen atoms in total. The van der Waals surface area contributed by atoms with E-state index in [9.17, 15) is 4.79 Å². The van der Waals surface area contributed by atoms with Crippen LogP contribution in [0.5, 0.6) is 0 Å². The number of hydrogen-bond acceptors (Lipinski definition) is 4. The number of para-hydroxylation sites is 1. The second-order valence-electron chi connectivity index (χ2n) is 7.59. The molecule has 2 atom stereocenters.